The molecule has 1 fully saturated rings. The van der Waals surface area contributed by atoms with Gasteiger partial charge in [-0.15, -0.1) is 10.2 Å². The number of anilines is 3. The number of nitrogens with zero attached hydrogens (tertiary/aromatic N) is 5. The highest BCUT2D eigenvalue weighted by molar-refractivity contribution is 6.31. The van der Waals surface area contributed by atoms with Gasteiger partial charge in [-0.3, -0.25) is 9.78 Å². The van der Waals surface area contributed by atoms with E-state index in [2.05, 4.69) is 25.4 Å². The Bertz CT molecular complexity index is 1010. The standard InChI is InChI=1S/C21H21ClN6O2/c1-30-18-5-4-15(22)13-17(18)21(29)28-11-9-27(10-12-28)20-7-6-19(25-26-20)24-16-3-2-8-23-14-16/h2-8,13-14H,9-12H2,1H3,(H,24,25). The van der Waals surface area contributed by atoms with Crippen molar-refractivity contribution in [1.82, 2.24) is 20.1 Å². The molecule has 30 heavy (non-hydrogen) atoms. The Kier molecular flexibility index (Phi) is 5.94. The summed E-state index contributed by atoms with van der Waals surface area (Å²) in [6, 6.07) is 12.6. The fraction of sp³-hybridized carbons (Fsp3) is 0.238. The van der Waals surface area contributed by atoms with Crippen LogP contribution in [0.5, 0.6) is 5.75 Å². The molecular formula is C21H21ClN6O2. The number of halogens is 1. The highest BCUT2D eigenvalue weighted by Crippen LogP contribution is 2.25. The first-order valence-corrected chi connectivity index (χ1v) is 9.90. The van der Waals surface area contributed by atoms with Gasteiger partial charge in [0.15, 0.2) is 11.6 Å². The predicted octanol–water partition coefficient (Wildman–Crippen LogP) is 3.24. The number of methoxy groups -OCH3 is 1. The second kappa shape index (κ2) is 8.96. The molecule has 9 heteroatoms. The smallest absolute Gasteiger partial charge is 0.257 e. The van der Waals surface area contributed by atoms with E-state index in [-0.39, 0.29) is 5.91 Å². The van der Waals surface area contributed by atoms with Crippen LogP contribution in [0, 0.1) is 0 Å². The second-order valence-electron chi connectivity index (χ2n) is 6.77. The SMILES string of the molecule is COc1ccc(Cl)cc1C(=O)N1CCN(c2ccc(Nc3cccnc3)nn2)CC1. The Morgan fingerprint density at radius 2 is 1.93 bits per heavy atom. The molecule has 0 atom stereocenters. The number of carbonyl (C=O) groups excluding carboxylic acids is 1. The van der Waals surface area contributed by atoms with Gasteiger partial charge in [-0.2, -0.15) is 0 Å². The van der Waals surface area contributed by atoms with Crippen LogP contribution in [0.2, 0.25) is 5.02 Å². The minimum absolute atomic E-state index is 0.0869. The minimum atomic E-state index is -0.0869. The van der Waals surface area contributed by atoms with Crippen molar-refractivity contribution in [2.24, 2.45) is 0 Å². The lowest BCUT2D eigenvalue weighted by Gasteiger charge is -2.35. The topological polar surface area (TPSA) is 83.5 Å². The number of amides is 1. The van der Waals surface area contributed by atoms with Crippen molar-refractivity contribution < 1.29 is 9.53 Å². The van der Waals surface area contributed by atoms with E-state index in [4.69, 9.17) is 16.3 Å². The number of hydrogen-bond donors (Lipinski definition) is 1. The Hall–Kier alpha value is -3.39. The van der Waals surface area contributed by atoms with Gasteiger partial charge < -0.3 is 19.9 Å². The summed E-state index contributed by atoms with van der Waals surface area (Å²) in [6.07, 6.45) is 3.44. The van der Waals surface area contributed by atoms with E-state index in [1.165, 1.54) is 0 Å². The lowest BCUT2D eigenvalue weighted by Crippen LogP contribution is -2.49. The largest absolute Gasteiger partial charge is 0.496 e. The van der Waals surface area contributed by atoms with Crippen LogP contribution in [-0.2, 0) is 0 Å². The Morgan fingerprint density at radius 1 is 1.10 bits per heavy atom. The van der Waals surface area contributed by atoms with E-state index in [9.17, 15) is 4.79 Å². The Morgan fingerprint density at radius 3 is 2.60 bits per heavy atom. The lowest BCUT2D eigenvalue weighted by molar-refractivity contribution is 0.0743. The normalized spacial score (nSPS) is 13.8. The first-order chi connectivity index (χ1) is 14.6. The molecule has 1 aliphatic heterocycles. The molecule has 1 aliphatic rings. The summed E-state index contributed by atoms with van der Waals surface area (Å²) in [5, 5.41) is 12.2. The molecule has 0 bridgehead atoms. The summed E-state index contributed by atoms with van der Waals surface area (Å²) in [6.45, 7) is 2.48. The molecule has 0 unspecified atom stereocenters. The average molecular weight is 425 g/mol. The van der Waals surface area contributed by atoms with Gasteiger partial charge in [-0.25, -0.2) is 0 Å². The van der Waals surface area contributed by atoms with E-state index >= 15 is 0 Å². The van der Waals surface area contributed by atoms with Crippen LogP contribution in [0.4, 0.5) is 17.3 Å². The van der Waals surface area contributed by atoms with Gasteiger partial charge in [0.05, 0.1) is 24.6 Å². The van der Waals surface area contributed by atoms with Crippen molar-refractivity contribution in [3.05, 3.63) is 65.4 Å². The maximum absolute atomic E-state index is 12.9. The molecule has 1 amide bonds. The number of carbonyl (C=O) groups is 1. The molecule has 3 heterocycles. The van der Waals surface area contributed by atoms with Crippen molar-refractivity contribution in [1.29, 1.82) is 0 Å². The molecule has 0 saturated carbocycles. The number of rotatable bonds is 5. The monoisotopic (exact) mass is 424 g/mol. The van der Waals surface area contributed by atoms with Crippen molar-refractivity contribution in [2.45, 2.75) is 0 Å². The number of hydrogen-bond acceptors (Lipinski definition) is 7. The summed E-state index contributed by atoms with van der Waals surface area (Å²) < 4.78 is 5.31. The van der Waals surface area contributed by atoms with Crippen LogP contribution in [0.3, 0.4) is 0 Å². The number of piperazine rings is 1. The lowest BCUT2D eigenvalue weighted by atomic mass is 10.1. The zero-order valence-electron chi connectivity index (χ0n) is 16.5. The first kappa shape index (κ1) is 19.9. The first-order valence-electron chi connectivity index (χ1n) is 9.52. The van der Waals surface area contributed by atoms with Gasteiger partial charge in [0.25, 0.3) is 5.91 Å². The van der Waals surface area contributed by atoms with Crippen molar-refractivity contribution in [2.75, 3.05) is 43.5 Å². The number of ether oxygens (including phenoxy) is 1. The van der Waals surface area contributed by atoms with Gasteiger partial charge in [-0.1, -0.05) is 11.6 Å². The highest BCUT2D eigenvalue weighted by Gasteiger charge is 2.25. The zero-order chi connectivity index (χ0) is 20.9. The fourth-order valence-corrected chi connectivity index (χ4v) is 3.47. The van der Waals surface area contributed by atoms with E-state index in [1.54, 1.807) is 42.6 Å². The van der Waals surface area contributed by atoms with E-state index in [0.717, 1.165) is 11.5 Å². The molecule has 1 aromatic carbocycles. The molecule has 0 spiro atoms. The van der Waals surface area contributed by atoms with E-state index in [1.807, 2.05) is 24.3 Å². The molecule has 1 saturated heterocycles. The second-order valence-corrected chi connectivity index (χ2v) is 7.20. The molecular weight excluding hydrogens is 404 g/mol. The van der Waals surface area contributed by atoms with Crippen LogP contribution in [0.25, 0.3) is 0 Å². The quantitative estimate of drug-likeness (QED) is 0.673. The number of nitrogens with one attached hydrogen (secondary N) is 1. The van der Waals surface area contributed by atoms with Crippen molar-refractivity contribution in [3.63, 3.8) is 0 Å². The molecule has 4 rings (SSSR count). The fourth-order valence-electron chi connectivity index (χ4n) is 3.30. The van der Waals surface area contributed by atoms with Gasteiger partial charge in [-0.05, 0) is 42.5 Å². The van der Waals surface area contributed by atoms with Crippen LogP contribution in [-0.4, -0.2) is 59.3 Å². The number of pyridine rings is 1. The van der Waals surface area contributed by atoms with Gasteiger partial charge in [0.1, 0.15) is 5.75 Å². The molecule has 0 aliphatic carbocycles. The molecule has 154 valence electrons. The molecule has 3 aromatic rings. The van der Waals surface area contributed by atoms with Gasteiger partial charge in [0.2, 0.25) is 0 Å². The minimum Gasteiger partial charge on any atom is -0.496 e. The van der Waals surface area contributed by atoms with Crippen LogP contribution >= 0.6 is 11.6 Å². The third kappa shape index (κ3) is 4.44. The summed E-state index contributed by atoms with van der Waals surface area (Å²) in [5.74, 6) is 1.86. The maximum Gasteiger partial charge on any atom is 0.257 e. The van der Waals surface area contributed by atoms with Crippen LogP contribution in [0.1, 0.15) is 10.4 Å². The highest BCUT2D eigenvalue weighted by atomic mass is 35.5. The zero-order valence-corrected chi connectivity index (χ0v) is 17.2. The third-order valence-corrected chi connectivity index (χ3v) is 5.10. The van der Waals surface area contributed by atoms with Crippen molar-refractivity contribution in [3.8, 4) is 5.75 Å². The van der Waals surface area contributed by atoms with Crippen LogP contribution in [0.15, 0.2) is 54.9 Å². The van der Waals surface area contributed by atoms with Gasteiger partial charge in [0, 0.05) is 37.4 Å². The third-order valence-electron chi connectivity index (χ3n) is 4.87. The summed E-state index contributed by atoms with van der Waals surface area (Å²) in [5.41, 5.74) is 1.33. The molecule has 0 radical (unpaired) electrons. The van der Waals surface area contributed by atoms with Crippen LogP contribution < -0.4 is 15.0 Å². The Labute approximate surface area is 179 Å². The average Bonchev–Trinajstić information content (AvgIpc) is 2.80. The van der Waals surface area contributed by atoms with E-state index in [0.29, 0.717) is 48.3 Å². The summed E-state index contributed by atoms with van der Waals surface area (Å²) >= 11 is 6.07. The summed E-state index contributed by atoms with van der Waals surface area (Å²) in [7, 11) is 1.55. The molecule has 8 nitrogen and oxygen atoms in total. The molecule has 2 aromatic heterocycles. The Balaban J connectivity index is 1.37. The van der Waals surface area contributed by atoms with E-state index < -0.39 is 0 Å². The van der Waals surface area contributed by atoms with Crippen molar-refractivity contribution >= 4 is 34.8 Å². The maximum atomic E-state index is 12.9. The number of aromatic nitrogens is 3. The summed E-state index contributed by atoms with van der Waals surface area (Å²) in [4.78, 5) is 20.9. The van der Waals surface area contributed by atoms with Gasteiger partial charge >= 0.3 is 0 Å². The predicted molar refractivity (Wildman–Crippen MR) is 116 cm³/mol. The number of benzene rings is 1. The molecule has 1 N–H and O–H groups in total.